The van der Waals surface area contributed by atoms with Gasteiger partial charge >= 0.3 is 0 Å². The molecule has 0 saturated carbocycles. The van der Waals surface area contributed by atoms with Crippen LogP contribution in [0.5, 0.6) is 0 Å². The van der Waals surface area contributed by atoms with Crippen molar-refractivity contribution in [2.75, 3.05) is 5.32 Å². The Hall–Kier alpha value is -1.72. The van der Waals surface area contributed by atoms with E-state index in [-0.39, 0.29) is 5.28 Å². The zero-order chi connectivity index (χ0) is 14.1. The van der Waals surface area contributed by atoms with Crippen LogP contribution in [0.4, 0.5) is 5.82 Å². The molecular formula is C14H13ClN4S. The molecule has 3 rings (SSSR count). The maximum Gasteiger partial charge on any atom is 0.225 e. The maximum absolute atomic E-state index is 5.98. The molecule has 3 heterocycles. The van der Waals surface area contributed by atoms with Crippen LogP contribution in [0.25, 0.3) is 10.2 Å². The molecule has 0 aliphatic rings. The molecule has 0 fully saturated rings. The molecule has 6 heteroatoms. The van der Waals surface area contributed by atoms with Gasteiger partial charge < -0.3 is 5.32 Å². The van der Waals surface area contributed by atoms with Crippen molar-refractivity contribution in [1.82, 2.24) is 15.0 Å². The highest BCUT2D eigenvalue weighted by atomic mass is 35.5. The third-order valence-electron chi connectivity index (χ3n) is 3.07. The van der Waals surface area contributed by atoms with Gasteiger partial charge in [-0.2, -0.15) is 0 Å². The van der Waals surface area contributed by atoms with E-state index in [1.54, 1.807) is 17.5 Å². The number of aryl methyl sites for hydroxylation is 2. The molecule has 0 aliphatic carbocycles. The van der Waals surface area contributed by atoms with Crippen molar-refractivity contribution in [3.8, 4) is 0 Å². The van der Waals surface area contributed by atoms with Crippen LogP contribution in [0.3, 0.4) is 0 Å². The summed E-state index contributed by atoms with van der Waals surface area (Å²) in [6.45, 7) is 4.78. The lowest BCUT2D eigenvalue weighted by atomic mass is 10.1. The number of nitrogens with one attached hydrogen (secondary N) is 1. The van der Waals surface area contributed by atoms with Crippen molar-refractivity contribution in [3.05, 3.63) is 45.8 Å². The molecule has 102 valence electrons. The second-order valence-electron chi connectivity index (χ2n) is 4.57. The van der Waals surface area contributed by atoms with E-state index in [1.165, 1.54) is 10.4 Å². The number of anilines is 1. The number of hydrogen-bond acceptors (Lipinski definition) is 5. The van der Waals surface area contributed by atoms with Gasteiger partial charge in [-0.25, -0.2) is 9.97 Å². The fraction of sp³-hybridized carbons (Fsp3) is 0.214. The van der Waals surface area contributed by atoms with Crippen LogP contribution in [-0.4, -0.2) is 15.0 Å². The molecule has 0 amide bonds. The van der Waals surface area contributed by atoms with Gasteiger partial charge in [0.25, 0.3) is 0 Å². The van der Waals surface area contributed by atoms with Gasteiger partial charge in [0.2, 0.25) is 5.28 Å². The Kier molecular flexibility index (Phi) is 3.54. The average Bonchev–Trinajstić information content (AvgIpc) is 2.77. The van der Waals surface area contributed by atoms with Gasteiger partial charge in [-0.3, -0.25) is 4.98 Å². The Balaban J connectivity index is 1.93. The predicted octanol–water partition coefficient (Wildman–Crippen LogP) is 3.97. The highest BCUT2D eigenvalue weighted by Gasteiger charge is 2.09. The summed E-state index contributed by atoms with van der Waals surface area (Å²) in [7, 11) is 0. The fourth-order valence-corrected chi connectivity index (χ4v) is 3.13. The van der Waals surface area contributed by atoms with Crippen molar-refractivity contribution >= 4 is 39.0 Å². The highest BCUT2D eigenvalue weighted by Crippen LogP contribution is 2.29. The van der Waals surface area contributed by atoms with Crippen LogP contribution in [0.2, 0.25) is 5.28 Å². The summed E-state index contributed by atoms with van der Waals surface area (Å²) in [5.41, 5.74) is 2.34. The van der Waals surface area contributed by atoms with Crippen molar-refractivity contribution in [2.45, 2.75) is 20.4 Å². The molecule has 1 N–H and O–H groups in total. The summed E-state index contributed by atoms with van der Waals surface area (Å²) in [6, 6.07) is 4.08. The largest absolute Gasteiger partial charge is 0.365 e. The lowest BCUT2D eigenvalue weighted by Gasteiger charge is -2.08. The number of rotatable bonds is 3. The number of halogens is 1. The van der Waals surface area contributed by atoms with Gasteiger partial charge in [-0.15, -0.1) is 11.3 Å². The Morgan fingerprint density at radius 2 is 2.15 bits per heavy atom. The maximum atomic E-state index is 5.98. The first-order valence-corrected chi connectivity index (χ1v) is 7.40. The molecule has 0 aromatic carbocycles. The van der Waals surface area contributed by atoms with Gasteiger partial charge in [0.1, 0.15) is 10.6 Å². The third kappa shape index (κ3) is 2.59. The smallest absolute Gasteiger partial charge is 0.225 e. The molecule has 0 atom stereocenters. The summed E-state index contributed by atoms with van der Waals surface area (Å²) in [6.07, 6.45) is 3.65. The summed E-state index contributed by atoms with van der Waals surface area (Å²) in [4.78, 5) is 14.7. The minimum Gasteiger partial charge on any atom is -0.365 e. The number of hydrogen-bond donors (Lipinski definition) is 1. The van der Waals surface area contributed by atoms with Gasteiger partial charge in [0.05, 0.1) is 5.39 Å². The lowest BCUT2D eigenvalue weighted by Crippen LogP contribution is -2.04. The van der Waals surface area contributed by atoms with E-state index in [2.05, 4.69) is 33.3 Å². The number of nitrogens with zero attached hydrogens (tertiary/aromatic N) is 3. The first-order valence-electron chi connectivity index (χ1n) is 6.20. The van der Waals surface area contributed by atoms with E-state index in [1.807, 2.05) is 19.2 Å². The van der Waals surface area contributed by atoms with Crippen molar-refractivity contribution < 1.29 is 0 Å². The van der Waals surface area contributed by atoms with Crippen LogP contribution in [0, 0.1) is 13.8 Å². The third-order valence-corrected chi connectivity index (χ3v) is 4.18. The molecule has 0 bridgehead atoms. The Morgan fingerprint density at radius 3 is 2.95 bits per heavy atom. The second kappa shape index (κ2) is 5.34. The standard InChI is InChI=1S/C14H13ClN4S/c1-8-6-16-4-3-10(8)7-17-12-11-5-9(2)20-13(11)19-14(15)18-12/h3-6H,7H2,1-2H3,(H,17,18,19). The van der Waals surface area contributed by atoms with Crippen LogP contribution >= 0.6 is 22.9 Å². The summed E-state index contributed by atoms with van der Waals surface area (Å²) >= 11 is 7.60. The summed E-state index contributed by atoms with van der Waals surface area (Å²) < 4.78 is 0. The zero-order valence-corrected chi connectivity index (χ0v) is 12.7. The predicted molar refractivity (Wildman–Crippen MR) is 83.5 cm³/mol. The molecule has 3 aromatic rings. The minimum absolute atomic E-state index is 0.272. The van der Waals surface area contributed by atoms with Gasteiger partial charge in [-0.05, 0) is 48.7 Å². The number of pyridine rings is 1. The first-order chi connectivity index (χ1) is 9.63. The van der Waals surface area contributed by atoms with Crippen LogP contribution in [-0.2, 0) is 6.54 Å². The molecule has 0 unspecified atom stereocenters. The molecule has 0 radical (unpaired) electrons. The van der Waals surface area contributed by atoms with Crippen LogP contribution in [0.15, 0.2) is 24.5 Å². The van der Waals surface area contributed by atoms with Gasteiger partial charge in [-0.1, -0.05) is 0 Å². The van der Waals surface area contributed by atoms with Crippen LogP contribution in [0.1, 0.15) is 16.0 Å². The van der Waals surface area contributed by atoms with E-state index >= 15 is 0 Å². The highest BCUT2D eigenvalue weighted by molar-refractivity contribution is 7.18. The lowest BCUT2D eigenvalue weighted by molar-refractivity contribution is 1.07. The fourth-order valence-electron chi connectivity index (χ4n) is 2.03. The van der Waals surface area contributed by atoms with Crippen molar-refractivity contribution in [2.24, 2.45) is 0 Å². The molecule has 4 nitrogen and oxygen atoms in total. The summed E-state index contributed by atoms with van der Waals surface area (Å²) in [5, 5.41) is 4.63. The molecule has 0 spiro atoms. The summed E-state index contributed by atoms with van der Waals surface area (Å²) in [5.74, 6) is 0.778. The van der Waals surface area contributed by atoms with Gasteiger partial charge in [0.15, 0.2) is 0 Å². The minimum atomic E-state index is 0.272. The first kappa shape index (κ1) is 13.3. The Morgan fingerprint density at radius 1 is 1.30 bits per heavy atom. The van der Waals surface area contributed by atoms with Crippen LogP contribution < -0.4 is 5.32 Å². The molecule has 20 heavy (non-hydrogen) atoms. The topological polar surface area (TPSA) is 50.7 Å². The van der Waals surface area contributed by atoms with E-state index in [0.717, 1.165) is 21.6 Å². The van der Waals surface area contributed by atoms with E-state index < -0.39 is 0 Å². The monoisotopic (exact) mass is 304 g/mol. The molecule has 3 aromatic heterocycles. The van der Waals surface area contributed by atoms with Crippen molar-refractivity contribution in [1.29, 1.82) is 0 Å². The number of fused-ring (bicyclic) bond motifs is 1. The zero-order valence-electron chi connectivity index (χ0n) is 11.1. The normalized spacial score (nSPS) is 10.9. The Bertz CT molecular complexity index is 769. The molecule has 0 aliphatic heterocycles. The average molecular weight is 305 g/mol. The van der Waals surface area contributed by atoms with E-state index in [9.17, 15) is 0 Å². The molecular weight excluding hydrogens is 292 g/mol. The van der Waals surface area contributed by atoms with Crippen molar-refractivity contribution in [3.63, 3.8) is 0 Å². The Labute approximate surface area is 125 Å². The molecule has 0 saturated heterocycles. The second-order valence-corrected chi connectivity index (χ2v) is 6.15. The van der Waals surface area contributed by atoms with E-state index in [0.29, 0.717) is 6.54 Å². The SMILES string of the molecule is Cc1cc2c(NCc3ccncc3C)nc(Cl)nc2s1. The quantitative estimate of drug-likeness (QED) is 0.744. The van der Waals surface area contributed by atoms with E-state index in [4.69, 9.17) is 11.6 Å². The van der Waals surface area contributed by atoms with Gasteiger partial charge in [0, 0.05) is 23.8 Å². The number of aromatic nitrogens is 3. The number of thiophene rings is 1.